The van der Waals surface area contributed by atoms with Crippen molar-refractivity contribution in [1.29, 1.82) is 0 Å². The van der Waals surface area contributed by atoms with Crippen molar-refractivity contribution in [2.75, 3.05) is 6.54 Å². The minimum absolute atomic E-state index is 0.207. The number of aliphatic carboxylic acids is 1. The predicted molar refractivity (Wildman–Crippen MR) is 77.5 cm³/mol. The van der Waals surface area contributed by atoms with E-state index < -0.39 is 11.9 Å². The molecule has 0 aliphatic heterocycles. The van der Waals surface area contributed by atoms with Gasteiger partial charge < -0.3 is 14.4 Å². The first-order valence-electron chi connectivity index (χ1n) is 6.53. The second-order valence-electron chi connectivity index (χ2n) is 4.81. The fraction of sp³-hybridized carbons (Fsp3) is 0.267. The molecular formula is C15H16N2O4. The Hall–Kier alpha value is -2.63. The number of para-hydroxylation sites is 2. The number of carbonyl (C=O) groups is 2. The van der Waals surface area contributed by atoms with E-state index in [-0.39, 0.29) is 12.6 Å². The van der Waals surface area contributed by atoms with Gasteiger partial charge in [-0.05, 0) is 26.0 Å². The lowest BCUT2D eigenvalue weighted by Crippen LogP contribution is -2.39. The summed E-state index contributed by atoms with van der Waals surface area (Å²) in [5.74, 6) is -1.13. The molecule has 21 heavy (non-hydrogen) atoms. The monoisotopic (exact) mass is 288 g/mol. The molecule has 0 spiro atoms. The maximum absolute atomic E-state index is 12.0. The molecule has 0 aliphatic carbocycles. The number of nitrogens with zero attached hydrogens (tertiary/aromatic N) is 2. The first-order valence-corrected chi connectivity index (χ1v) is 6.53. The van der Waals surface area contributed by atoms with Crippen LogP contribution in [0.5, 0.6) is 0 Å². The first-order chi connectivity index (χ1) is 9.97. The average molecular weight is 288 g/mol. The van der Waals surface area contributed by atoms with Gasteiger partial charge in [-0.15, -0.1) is 0 Å². The van der Waals surface area contributed by atoms with Crippen LogP contribution in [0, 0.1) is 0 Å². The zero-order valence-corrected chi connectivity index (χ0v) is 11.8. The van der Waals surface area contributed by atoms with Crippen molar-refractivity contribution in [3.63, 3.8) is 0 Å². The number of carbonyl (C=O) groups excluding carboxylic acids is 1. The lowest BCUT2D eigenvalue weighted by atomic mass is 10.3. The zero-order valence-electron chi connectivity index (χ0n) is 11.8. The van der Waals surface area contributed by atoms with Gasteiger partial charge in [0, 0.05) is 18.2 Å². The molecule has 2 rings (SSSR count). The Labute approximate surface area is 121 Å². The number of oxazole rings is 1. The number of carboxylic acids is 1. The van der Waals surface area contributed by atoms with Gasteiger partial charge in [0.15, 0.2) is 5.58 Å². The van der Waals surface area contributed by atoms with Crippen LogP contribution < -0.4 is 0 Å². The van der Waals surface area contributed by atoms with Crippen LogP contribution in [0.25, 0.3) is 17.2 Å². The second-order valence-corrected chi connectivity index (χ2v) is 4.81. The molecule has 0 bridgehead atoms. The average Bonchev–Trinajstić information content (AvgIpc) is 2.84. The van der Waals surface area contributed by atoms with Crippen LogP contribution in [0.4, 0.5) is 0 Å². The molecule has 0 saturated heterocycles. The Bertz CT molecular complexity index is 655. The van der Waals surface area contributed by atoms with Gasteiger partial charge in [-0.1, -0.05) is 12.1 Å². The van der Waals surface area contributed by atoms with Gasteiger partial charge in [-0.25, -0.2) is 4.98 Å². The largest absolute Gasteiger partial charge is 0.480 e. The van der Waals surface area contributed by atoms with Crippen LogP contribution in [0.3, 0.4) is 0 Å². The predicted octanol–water partition coefficient (Wildman–Crippen LogP) is 2.16. The topological polar surface area (TPSA) is 83.6 Å². The van der Waals surface area contributed by atoms with Crippen LogP contribution in [0.1, 0.15) is 19.7 Å². The fourth-order valence-corrected chi connectivity index (χ4v) is 1.86. The lowest BCUT2D eigenvalue weighted by Gasteiger charge is -2.23. The molecule has 6 heteroatoms. The third kappa shape index (κ3) is 3.68. The van der Waals surface area contributed by atoms with Crippen LogP contribution in [-0.4, -0.2) is 39.5 Å². The standard InChI is InChI=1S/C15H16N2O4/c1-10(2)17(9-15(19)20)14(18)8-7-13-16-11-5-3-4-6-12(11)21-13/h3-8,10H,9H2,1-2H3,(H,19,20)/b8-7+. The molecule has 0 aliphatic rings. The van der Waals surface area contributed by atoms with Crippen LogP contribution in [-0.2, 0) is 9.59 Å². The van der Waals surface area contributed by atoms with Gasteiger partial charge in [-0.2, -0.15) is 0 Å². The summed E-state index contributed by atoms with van der Waals surface area (Å²) in [4.78, 5) is 28.2. The van der Waals surface area contributed by atoms with Crippen molar-refractivity contribution in [3.8, 4) is 0 Å². The van der Waals surface area contributed by atoms with E-state index in [2.05, 4.69) is 4.98 Å². The fourth-order valence-electron chi connectivity index (χ4n) is 1.86. The number of hydrogen-bond acceptors (Lipinski definition) is 4. The van der Waals surface area contributed by atoms with Gasteiger partial charge in [0.2, 0.25) is 11.8 Å². The third-order valence-electron chi connectivity index (χ3n) is 2.89. The Morgan fingerprint density at radius 3 is 2.71 bits per heavy atom. The van der Waals surface area contributed by atoms with Gasteiger partial charge in [-0.3, -0.25) is 9.59 Å². The highest BCUT2D eigenvalue weighted by Gasteiger charge is 2.17. The third-order valence-corrected chi connectivity index (χ3v) is 2.89. The zero-order chi connectivity index (χ0) is 15.4. The van der Waals surface area contributed by atoms with Crippen molar-refractivity contribution < 1.29 is 19.1 Å². The summed E-state index contributed by atoms with van der Waals surface area (Å²) in [5.41, 5.74) is 1.34. The van der Waals surface area contributed by atoms with E-state index in [0.29, 0.717) is 17.0 Å². The molecule has 0 fully saturated rings. The van der Waals surface area contributed by atoms with E-state index in [4.69, 9.17) is 9.52 Å². The molecule has 1 aromatic heterocycles. The van der Waals surface area contributed by atoms with Crippen molar-refractivity contribution in [1.82, 2.24) is 9.88 Å². The van der Waals surface area contributed by atoms with E-state index in [0.717, 1.165) is 0 Å². The quantitative estimate of drug-likeness (QED) is 0.852. The van der Waals surface area contributed by atoms with Crippen LogP contribution >= 0.6 is 0 Å². The lowest BCUT2D eigenvalue weighted by molar-refractivity contribution is -0.143. The summed E-state index contributed by atoms with van der Waals surface area (Å²) in [6.45, 7) is 3.18. The molecule has 2 aromatic rings. The van der Waals surface area contributed by atoms with E-state index in [1.807, 2.05) is 18.2 Å². The molecule has 110 valence electrons. The highest BCUT2D eigenvalue weighted by molar-refractivity contribution is 5.93. The normalized spacial score (nSPS) is 11.4. The van der Waals surface area contributed by atoms with Crippen molar-refractivity contribution in [2.24, 2.45) is 0 Å². The minimum Gasteiger partial charge on any atom is -0.480 e. The molecule has 1 amide bonds. The molecule has 0 saturated carbocycles. The molecule has 0 unspecified atom stereocenters. The van der Waals surface area contributed by atoms with Crippen molar-refractivity contribution >= 4 is 29.1 Å². The molecule has 1 aromatic carbocycles. The van der Waals surface area contributed by atoms with Crippen LogP contribution in [0.2, 0.25) is 0 Å². The maximum Gasteiger partial charge on any atom is 0.323 e. The summed E-state index contributed by atoms with van der Waals surface area (Å²) in [5, 5.41) is 8.81. The highest BCUT2D eigenvalue weighted by Crippen LogP contribution is 2.15. The van der Waals surface area contributed by atoms with Crippen LogP contribution in [0.15, 0.2) is 34.8 Å². The Balaban J connectivity index is 2.14. The Morgan fingerprint density at radius 2 is 2.10 bits per heavy atom. The molecule has 6 nitrogen and oxygen atoms in total. The number of fused-ring (bicyclic) bond motifs is 1. The number of carboxylic acid groups (broad SMARTS) is 1. The highest BCUT2D eigenvalue weighted by atomic mass is 16.4. The van der Waals surface area contributed by atoms with Gasteiger partial charge in [0.05, 0.1) is 0 Å². The van der Waals surface area contributed by atoms with E-state index in [1.165, 1.54) is 17.1 Å². The van der Waals surface area contributed by atoms with Crippen molar-refractivity contribution in [3.05, 3.63) is 36.2 Å². The number of aromatic nitrogens is 1. The van der Waals surface area contributed by atoms with E-state index >= 15 is 0 Å². The molecule has 0 radical (unpaired) electrons. The summed E-state index contributed by atoms with van der Waals surface area (Å²) in [6, 6.07) is 7.06. The second kappa shape index (κ2) is 6.21. The van der Waals surface area contributed by atoms with Crippen molar-refractivity contribution in [2.45, 2.75) is 19.9 Å². The number of hydrogen-bond donors (Lipinski definition) is 1. The van der Waals surface area contributed by atoms with E-state index in [1.54, 1.807) is 19.9 Å². The SMILES string of the molecule is CC(C)N(CC(=O)O)C(=O)/C=C/c1nc2ccccc2o1. The number of rotatable bonds is 5. The van der Waals surface area contributed by atoms with Gasteiger partial charge >= 0.3 is 5.97 Å². The summed E-state index contributed by atoms with van der Waals surface area (Å²) in [7, 11) is 0. The molecule has 0 atom stereocenters. The number of benzene rings is 1. The number of amides is 1. The summed E-state index contributed by atoms with van der Waals surface area (Å²) < 4.78 is 5.45. The summed E-state index contributed by atoms with van der Waals surface area (Å²) >= 11 is 0. The van der Waals surface area contributed by atoms with Gasteiger partial charge in [0.1, 0.15) is 12.1 Å². The maximum atomic E-state index is 12.0. The Morgan fingerprint density at radius 1 is 1.38 bits per heavy atom. The summed E-state index contributed by atoms with van der Waals surface area (Å²) in [6.07, 6.45) is 2.72. The molecule has 1 N–H and O–H groups in total. The molecule has 1 heterocycles. The first kappa shape index (κ1) is 14.8. The van der Waals surface area contributed by atoms with Gasteiger partial charge in [0.25, 0.3) is 0 Å². The Kier molecular flexibility index (Phi) is 4.37. The minimum atomic E-state index is -1.05. The van der Waals surface area contributed by atoms with E-state index in [9.17, 15) is 9.59 Å². The smallest absolute Gasteiger partial charge is 0.323 e. The molecular weight excluding hydrogens is 272 g/mol.